The molecule has 0 N–H and O–H groups in total. The van der Waals surface area contributed by atoms with Gasteiger partial charge in [-0.1, -0.05) is 12.2 Å². The van der Waals surface area contributed by atoms with Crippen molar-refractivity contribution in [2.75, 3.05) is 0 Å². The summed E-state index contributed by atoms with van der Waals surface area (Å²) < 4.78 is 8.80. The monoisotopic (exact) mass is 150 g/mol. The summed E-state index contributed by atoms with van der Waals surface area (Å²) in [5, 5.41) is 0. The Labute approximate surface area is 78.2 Å². The molecule has 0 radical (unpaired) electrons. The molecule has 0 rings (SSSR count). The third kappa shape index (κ3) is 9.35. The van der Waals surface area contributed by atoms with Crippen LogP contribution in [0.3, 0.4) is 0 Å². The van der Waals surface area contributed by atoms with E-state index in [9.17, 15) is 4.79 Å². The van der Waals surface area contributed by atoms with E-state index < -0.39 is 6.16 Å². The van der Waals surface area contributed by atoms with Crippen molar-refractivity contribution in [1.29, 1.82) is 0 Å². The Morgan fingerprint density at radius 1 is 1.09 bits per heavy atom. The van der Waals surface area contributed by atoms with Crippen molar-refractivity contribution >= 4 is 25.0 Å². The molecule has 0 fully saturated rings. The molecule has 0 bridgehead atoms. The molecule has 0 atom stereocenters. The summed E-state index contributed by atoms with van der Waals surface area (Å²) in [6.45, 7) is 3.48. The summed E-state index contributed by atoms with van der Waals surface area (Å²) >= 11 is 0. The molecule has 58 valence electrons. The van der Waals surface area contributed by atoms with Gasteiger partial charge in [-0.2, -0.15) is 0 Å². The predicted octanol–water partition coefficient (Wildman–Crippen LogP) is 1.56. The second-order valence-electron chi connectivity index (χ2n) is 1.42. The summed E-state index contributed by atoms with van der Waals surface area (Å²) in [6, 6.07) is 0. The Kier molecular flexibility index (Phi) is 11.0. The van der Waals surface area contributed by atoms with Crippen LogP contribution in [0.1, 0.15) is 13.8 Å². The van der Waals surface area contributed by atoms with Crippen LogP contribution in [0.15, 0.2) is 24.7 Å². The van der Waals surface area contributed by atoms with E-state index in [1.165, 1.54) is 12.5 Å². The number of allylic oxidation sites excluding steroid dienone is 2. The summed E-state index contributed by atoms with van der Waals surface area (Å²) in [5.41, 5.74) is 0. The van der Waals surface area contributed by atoms with Crippen molar-refractivity contribution in [1.82, 2.24) is 0 Å². The van der Waals surface area contributed by atoms with E-state index in [0.717, 1.165) is 0 Å². The van der Waals surface area contributed by atoms with E-state index in [-0.39, 0.29) is 18.9 Å². The van der Waals surface area contributed by atoms with Crippen LogP contribution in [-0.4, -0.2) is 25.0 Å². The Balaban J connectivity index is 0. The molecule has 0 saturated heterocycles. The van der Waals surface area contributed by atoms with E-state index in [1.54, 1.807) is 26.0 Å². The average Bonchev–Trinajstić information content (AvgIpc) is 1.97. The zero-order chi connectivity index (χ0) is 7.82. The Morgan fingerprint density at radius 3 is 1.73 bits per heavy atom. The minimum absolute atomic E-state index is 0. The van der Waals surface area contributed by atoms with E-state index in [1.807, 2.05) is 0 Å². The van der Waals surface area contributed by atoms with E-state index in [4.69, 9.17) is 0 Å². The SMILES string of the molecule is CC=COC(=O)OC=CC.[LiH]. The van der Waals surface area contributed by atoms with Crippen molar-refractivity contribution < 1.29 is 14.3 Å². The van der Waals surface area contributed by atoms with Crippen molar-refractivity contribution in [3.63, 3.8) is 0 Å². The van der Waals surface area contributed by atoms with Gasteiger partial charge in [0.05, 0.1) is 12.5 Å². The van der Waals surface area contributed by atoms with Crippen LogP contribution in [0.5, 0.6) is 0 Å². The van der Waals surface area contributed by atoms with Gasteiger partial charge >= 0.3 is 25.0 Å². The molecule has 0 aliphatic carbocycles. The van der Waals surface area contributed by atoms with Crippen molar-refractivity contribution in [3.05, 3.63) is 24.7 Å². The molecule has 0 aromatic heterocycles. The summed E-state index contributed by atoms with van der Waals surface area (Å²) in [6.07, 6.45) is 4.97. The fraction of sp³-hybridized carbons (Fsp3) is 0.286. The topological polar surface area (TPSA) is 35.5 Å². The summed E-state index contributed by atoms with van der Waals surface area (Å²) in [4.78, 5) is 10.4. The van der Waals surface area contributed by atoms with E-state index in [2.05, 4.69) is 9.47 Å². The Hall–Kier alpha value is -0.653. The molecule has 0 heterocycles. The molecular formula is C7H11LiO3. The van der Waals surface area contributed by atoms with Crippen LogP contribution in [-0.2, 0) is 9.47 Å². The third-order valence-electron chi connectivity index (χ3n) is 0.601. The number of hydrogen-bond donors (Lipinski definition) is 0. The molecular weight excluding hydrogens is 139 g/mol. The zero-order valence-corrected chi connectivity index (χ0v) is 6.03. The molecule has 0 aromatic rings. The van der Waals surface area contributed by atoms with Gasteiger partial charge in [0.25, 0.3) is 0 Å². The van der Waals surface area contributed by atoms with Crippen LogP contribution in [0.4, 0.5) is 4.79 Å². The normalized spacial score (nSPS) is 9.64. The molecule has 0 aliphatic heterocycles. The Bertz CT molecular complexity index is 136. The first-order valence-corrected chi connectivity index (χ1v) is 2.91. The fourth-order valence-electron chi connectivity index (χ4n) is 0.275. The number of rotatable bonds is 2. The van der Waals surface area contributed by atoms with Crippen LogP contribution in [0.25, 0.3) is 0 Å². The van der Waals surface area contributed by atoms with Crippen molar-refractivity contribution in [3.8, 4) is 0 Å². The van der Waals surface area contributed by atoms with Crippen molar-refractivity contribution in [2.24, 2.45) is 0 Å². The van der Waals surface area contributed by atoms with Gasteiger partial charge in [0.1, 0.15) is 0 Å². The van der Waals surface area contributed by atoms with Crippen molar-refractivity contribution in [2.45, 2.75) is 13.8 Å². The number of hydrogen-bond acceptors (Lipinski definition) is 3. The molecule has 0 amide bonds. The number of carbonyl (C=O) groups excluding carboxylic acids is 1. The fourth-order valence-corrected chi connectivity index (χ4v) is 0.275. The minimum atomic E-state index is -0.726. The standard InChI is InChI=1S/C7H10O3.Li.H/c1-3-5-9-7(8)10-6-4-2;;/h3-6H,1-2H3;;. The van der Waals surface area contributed by atoms with Crippen LogP contribution < -0.4 is 0 Å². The van der Waals surface area contributed by atoms with Gasteiger partial charge in [-0.05, 0) is 13.8 Å². The second kappa shape index (κ2) is 9.35. The molecule has 11 heavy (non-hydrogen) atoms. The molecule has 0 saturated carbocycles. The quantitative estimate of drug-likeness (QED) is 0.340. The summed E-state index contributed by atoms with van der Waals surface area (Å²) in [5.74, 6) is 0. The zero-order valence-electron chi connectivity index (χ0n) is 6.03. The van der Waals surface area contributed by atoms with E-state index in [0.29, 0.717) is 0 Å². The van der Waals surface area contributed by atoms with Gasteiger partial charge < -0.3 is 9.47 Å². The first kappa shape index (κ1) is 13.0. The molecule has 0 aromatic carbocycles. The maximum atomic E-state index is 10.4. The van der Waals surface area contributed by atoms with E-state index >= 15 is 0 Å². The van der Waals surface area contributed by atoms with Gasteiger partial charge in [0.2, 0.25) is 0 Å². The predicted molar refractivity (Wildman–Crippen MR) is 44.3 cm³/mol. The van der Waals surface area contributed by atoms with Crippen LogP contribution >= 0.6 is 0 Å². The molecule has 4 heteroatoms. The summed E-state index contributed by atoms with van der Waals surface area (Å²) in [7, 11) is 0. The van der Waals surface area contributed by atoms with Crippen LogP contribution in [0, 0.1) is 0 Å². The van der Waals surface area contributed by atoms with Gasteiger partial charge in [0.15, 0.2) is 0 Å². The molecule has 0 spiro atoms. The molecule has 0 unspecified atom stereocenters. The van der Waals surface area contributed by atoms with Gasteiger partial charge in [-0.25, -0.2) is 4.79 Å². The number of ether oxygens (including phenoxy) is 2. The molecule has 3 nitrogen and oxygen atoms in total. The number of carbonyl (C=O) groups is 1. The second-order valence-corrected chi connectivity index (χ2v) is 1.42. The van der Waals surface area contributed by atoms with Gasteiger partial charge in [0, 0.05) is 0 Å². The first-order valence-electron chi connectivity index (χ1n) is 2.91. The first-order chi connectivity index (χ1) is 4.81. The van der Waals surface area contributed by atoms with Crippen LogP contribution in [0.2, 0.25) is 0 Å². The maximum absolute atomic E-state index is 10.4. The van der Waals surface area contributed by atoms with Gasteiger partial charge in [-0.15, -0.1) is 0 Å². The average molecular weight is 150 g/mol. The Morgan fingerprint density at radius 2 is 1.45 bits per heavy atom. The molecule has 0 aliphatic rings. The van der Waals surface area contributed by atoms with Gasteiger partial charge in [-0.3, -0.25) is 0 Å². The third-order valence-corrected chi connectivity index (χ3v) is 0.601.